The summed E-state index contributed by atoms with van der Waals surface area (Å²) in [7, 11) is -2.91. The van der Waals surface area contributed by atoms with E-state index >= 15 is 0 Å². The second-order valence-corrected chi connectivity index (χ2v) is 23.2. The van der Waals surface area contributed by atoms with E-state index in [9.17, 15) is 0 Å². The first kappa shape index (κ1) is 42.3. The van der Waals surface area contributed by atoms with Crippen LogP contribution in [0.4, 0.5) is 0 Å². The third-order valence-electron chi connectivity index (χ3n) is 15.9. The Morgan fingerprint density at radius 1 is 0.419 bits per heavy atom. The molecule has 10 aromatic carbocycles. The van der Waals surface area contributed by atoms with Gasteiger partial charge in [-0.2, -0.15) is 0 Å². The van der Waals surface area contributed by atoms with Gasteiger partial charge in [-0.05, 0) is 77.0 Å². The molecule has 0 amide bonds. The highest BCUT2D eigenvalue weighted by Crippen LogP contribution is 2.44. The van der Waals surface area contributed by atoms with Crippen molar-refractivity contribution in [2.24, 2.45) is 0 Å². The van der Waals surface area contributed by atoms with Crippen LogP contribution >= 0.6 is 0 Å². The molecule has 0 radical (unpaired) electrons. The van der Waals surface area contributed by atoms with Crippen molar-refractivity contribution >= 4 is 113 Å². The van der Waals surface area contributed by atoms with Gasteiger partial charge >= 0.3 is 0 Å². The Labute approximate surface area is 429 Å². The molecular formula is C69H48N4Si. The van der Waals surface area contributed by atoms with Gasteiger partial charge in [0.1, 0.15) is 0 Å². The van der Waals surface area contributed by atoms with Crippen molar-refractivity contribution < 1.29 is 0 Å². The van der Waals surface area contributed by atoms with Crippen molar-refractivity contribution in [3.8, 4) is 22.8 Å². The maximum Gasteiger partial charge on any atom is 0.230 e. The number of nitrogens with one attached hydrogen (secondary N) is 1. The molecule has 1 N–H and O–H groups in total. The van der Waals surface area contributed by atoms with E-state index in [0.29, 0.717) is 0 Å². The Balaban J connectivity index is 1.02. The van der Waals surface area contributed by atoms with Gasteiger partial charge in [-0.1, -0.05) is 200 Å². The predicted molar refractivity (Wildman–Crippen MR) is 314 cm³/mol. The fourth-order valence-corrected chi connectivity index (χ4v) is 16.5. The number of allylic oxidation sites excluding steroid dienone is 1. The molecule has 4 heterocycles. The average Bonchev–Trinajstić information content (AvgIpc) is 4.13. The van der Waals surface area contributed by atoms with Crippen LogP contribution in [0.3, 0.4) is 0 Å². The van der Waals surface area contributed by atoms with Crippen LogP contribution in [0.1, 0.15) is 23.2 Å². The first-order chi connectivity index (χ1) is 36.7. The standard InChI is InChI=1S/C69H48N4Si/c1-4-20-49(21-5-1)74(50-22-6-2-7-23-50,51-24-8-3-9-25-51)43-41-54-52-26-10-12-31-58(52)69(59-32-13-11-27-53(54)59)73-66-38-36-47(71-63-33-17-14-28-55(63)56-29-15-18-34-64(56)71)44-60(66)61-45-48(37-39-67(61)73)72-65-35-19-16-30-57(65)62-46-70-42-40-68(62)72/h1-36,38,40,44-46,70H,37,39,42H2. The van der Waals surface area contributed by atoms with Crippen LogP contribution in [0.5, 0.6) is 0 Å². The molecule has 0 atom stereocenters. The second-order valence-electron chi connectivity index (χ2n) is 19.7. The highest BCUT2D eigenvalue weighted by Gasteiger charge is 2.38. The summed E-state index contributed by atoms with van der Waals surface area (Å²) in [5.41, 5.74) is 16.3. The molecule has 1 aliphatic heterocycles. The number of aromatic nitrogens is 3. The normalized spacial score (nSPS) is 13.3. The smallest absolute Gasteiger partial charge is 0.230 e. The van der Waals surface area contributed by atoms with Gasteiger partial charge in [0.15, 0.2) is 0 Å². The lowest BCUT2D eigenvalue weighted by Gasteiger charge is -2.28. The topological polar surface area (TPSA) is 26.8 Å². The van der Waals surface area contributed by atoms with Crippen molar-refractivity contribution in [3.63, 3.8) is 0 Å². The summed E-state index contributed by atoms with van der Waals surface area (Å²) >= 11 is 0. The molecule has 348 valence electrons. The summed E-state index contributed by atoms with van der Waals surface area (Å²) in [4.78, 5) is 0. The van der Waals surface area contributed by atoms with E-state index in [1.165, 1.54) is 103 Å². The minimum Gasteiger partial charge on any atom is -0.387 e. The van der Waals surface area contributed by atoms with Crippen LogP contribution in [-0.4, -0.2) is 28.3 Å². The fourth-order valence-electron chi connectivity index (χ4n) is 12.7. The van der Waals surface area contributed by atoms with Gasteiger partial charge in [-0.15, -0.1) is 5.54 Å². The summed E-state index contributed by atoms with van der Waals surface area (Å²) in [5, 5.41) is 19.5. The lowest BCUT2D eigenvalue weighted by molar-refractivity contribution is 0.863. The van der Waals surface area contributed by atoms with E-state index in [4.69, 9.17) is 0 Å². The maximum absolute atomic E-state index is 4.17. The summed E-state index contributed by atoms with van der Waals surface area (Å²) in [6.45, 7) is 0.803. The van der Waals surface area contributed by atoms with Crippen molar-refractivity contribution in [2.45, 2.75) is 12.8 Å². The van der Waals surface area contributed by atoms with Gasteiger partial charge in [0.2, 0.25) is 8.07 Å². The second kappa shape index (κ2) is 16.9. The number of para-hydroxylation sites is 3. The number of fused-ring (bicyclic) bond motifs is 11. The van der Waals surface area contributed by atoms with Crippen molar-refractivity contribution in [1.82, 2.24) is 19.0 Å². The van der Waals surface area contributed by atoms with E-state index in [-0.39, 0.29) is 0 Å². The maximum atomic E-state index is 4.17. The minimum atomic E-state index is -2.91. The lowest BCUT2D eigenvalue weighted by atomic mass is 9.94. The molecule has 0 fully saturated rings. The number of rotatable bonds is 6. The largest absolute Gasteiger partial charge is 0.387 e. The Hall–Kier alpha value is -9.34. The number of benzene rings is 10. The average molecular weight is 961 g/mol. The molecule has 4 nitrogen and oxygen atoms in total. The van der Waals surface area contributed by atoms with Crippen LogP contribution in [-0.2, 0) is 6.42 Å². The zero-order valence-electron chi connectivity index (χ0n) is 40.6. The third kappa shape index (κ3) is 6.29. The molecule has 0 spiro atoms. The van der Waals surface area contributed by atoms with E-state index in [1.807, 2.05) is 0 Å². The van der Waals surface area contributed by atoms with Crippen molar-refractivity contribution in [3.05, 3.63) is 258 Å². The quantitative estimate of drug-likeness (QED) is 0.0764. The number of hydrogen-bond donors (Lipinski definition) is 1. The Bertz CT molecular complexity index is 4450. The highest BCUT2D eigenvalue weighted by molar-refractivity contribution is 7.16. The Morgan fingerprint density at radius 3 is 1.49 bits per heavy atom. The molecule has 13 aromatic rings. The summed E-state index contributed by atoms with van der Waals surface area (Å²) in [6.07, 6.45) is 8.82. The van der Waals surface area contributed by atoms with Gasteiger partial charge in [0, 0.05) is 89.3 Å². The summed E-state index contributed by atoms with van der Waals surface area (Å²) < 4.78 is 7.61. The minimum absolute atomic E-state index is 0.803. The first-order valence-electron chi connectivity index (χ1n) is 25.8. The zero-order valence-corrected chi connectivity index (χ0v) is 41.6. The van der Waals surface area contributed by atoms with Crippen molar-refractivity contribution in [1.29, 1.82) is 0 Å². The van der Waals surface area contributed by atoms with Crippen LogP contribution in [0.15, 0.2) is 231 Å². The molecular weight excluding hydrogens is 913 g/mol. The monoisotopic (exact) mass is 960 g/mol. The van der Waals surface area contributed by atoms with Crippen LogP contribution in [0.25, 0.3) is 101 Å². The predicted octanol–water partition coefficient (Wildman–Crippen LogP) is 12.1. The molecule has 15 rings (SSSR count). The van der Waals surface area contributed by atoms with E-state index < -0.39 is 8.07 Å². The van der Waals surface area contributed by atoms with Gasteiger partial charge in [0.25, 0.3) is 0 Å². The number of nitrogens with zero attached hydrogens (tertiary/aromatic N) is 3. The van der Waals surface area contributed by atoms with Gasteiger partial charge in [-0.25, -0.2) is 0 Å². The SMILES string of the molecule is C(#C[Si](c1ccccc1)(c1ccccc1)c1ccccc1)c1c2ccccc2c(-n2c3c(c4cc(-n5c6ccccc6c6ccccc65)ccc42)C=C(n2c4c(c5ccccc52)=CNCC=4)CC3)c2ccccc12. The van der Waals surface area contributed by atoms with Gasteiger partial charge in [0.05, 0.1) is 33.1 Å². The van der Waals surface area contributed by atoms with E-state index in [2.05, 4.69) is 279 Å². The Kier molecular flexibility index (Phi) is 9.66. The highest BCUT2D eigenvalue weighted by atomic mass is 28.3. The molecule has 2 aliphatic rings. The van der Waals surface area contributed by atoms with Crippen LogP contribution in [0, 0.1) is 11.5 Å². The van der Waals surface area contributed by atoms with Crippen LogP contribution < -0.4 is 31.4 Å². The molecule has 0 saturated carbocycles. The third-order valence-corrected chi connectivity index (χ3v) is 20.0. The fraction of sp³-hybridized carbons (Fsp3) is 0.0435. The number of hydrogen-bond acceptors (Lipinski definition) is 1. The first-order valence-corrected chi connectivity index (χ1v) is 27.8. The molecule has 5 heteroatoms. The summed E-state index contributed by atoms with van der Waals surface area (Å²) in [5.74, 6) is 4.03. The van der Waals surface area contributed by atoms with Gasteiger partial charge in [-0.3, -0.25) is 0 Å². The molecule has 74 heavy (non-hydrogen) atoms. The van der Waals surface area contributed by atoms with Gasteiger partial charge < -0.3 is 19.0 Å². The molecule has 0 saturated heterocycles. The lowest BCUT2D eigenvalue weighted by Crippen LogP contribution is -2.66. The van der Waals surface area contributed by atoms with E-state index in [0.717, 1.165) is 41.4 Å². The summed E-state index contributed by atoms with van der Waals surface area (Å²) in [6, 6.07) is 84.8. The van der Waals surface area contributed by atoms with Crippen molar-refractivity contribution in [2.75, 3.05) is 6.54 Å². The molecule has 3 aromatic heterocycles. The Morgan fingerprint density at radius 2 is 0.905 bits per heavy atom. The molecule has 0 bridgehead atoms. The van der Waals surface area contributed by atoms with E-state index in [1.54, 1.807) is 0 Å². The molecule has 0 unspecified atom stereocenters. The zero-order chi connectivity index (χ0) is 48.7. The molecule has 1 aliphatic carbocycles. The van der Waals surface area contributed by atoms with Crippen LogP contribution in [0.2, 0.25) is 0 Å².